The minimum absolute atomic E-state index is 0.242. The standard InChI is InChI=1S/C9H17NO3/c1-4-8(7-12-2)10-6-5-9(11)13-3/h5-6,8,10H,4,7H2,1-3H3/b6-5+. The summed E-state index contributed by atoms with van der Waals surface area (Å²) >= 11 is 0. The molecule has 0 aliphatic rings. The summed E-state index contributed by atoms with van der Waals surface area (Å²) in [7, 11) is 2.99. The first-order valence-electron chi connectivity index (χ1n) is 4.24. The third-order valence-electron chi connectivity index (χ3n) is 1.61. The predicted molar refractivity (Wildman–Crippen MR) is 50.2 cm³/mol. The summed E-state index contributed by atoms with van der Waals surface area (Å²) in [4.78, 5) is 10.7. The molecule has 0 aliphatic carbocycles. The summed E-state index contributed by atoms with van der Waals surface area (Å²) in [5.74, 6) is -0.361. The molecule has 13 heavy (non-hydrogen) atoms. The number of esters is 1. The lowest BCUT2D eigenvalue weighted by atomic mass is 10.2. The molecule has 0 rings (SSSR count). The lowest BCUT2D eigenvalue weighted by molar-refractivity contribution is -0.134. The van der Waals surface area contributed by atoms with Crippen LogP contribution in [0.2, 0.25) is 0 Å². The Morgan fingerprint density at radius 2 is 2.23 bits per heavy atom. The molecule has 4 heteroatoms. The van der Waals surface area contributed by atoms with Gasteiger partial charge in [-0.05, 0) is 6.42 Å². The molecule has 0 fully saturated rings. The topological polar surface area (TPSA) is 47.6 Å². The highest BCUT2D eigenvalue weighted by molar-refractivity contribution is 5.81. The Morgan fingerprint density at radius 1 is 1.54 bits per heavy atom. The maximum absolute atomic E-state index is 10.7. The Labute approximate surface area is 78.9 Å². The average molecular weight is 187 g/mol. The van der Waals surface area contributed by atoms with Gasteiger partial charge in [0.05, 0.1) is 13.7 Å². The zero-order chi connectivity index (χ0) is 10.1. The summed E-state index contributed by atoms with van der Waals surface area (Å²) in [6.07, 6.45) is 3.87. The number of hydrogen-bond donors (Lipinski definition) is 1. The minimum Gasteiger partial charge on any atom is -0.466 e. The van der Waals surface area contributed by atoms with E-state index in [0.717, 1.165) is 6.42 Å². The second kappa shape index (κ2) is 7.61. The highest BCUT2D eigenvalue weighted by Crippen LogP contribution is 1.90. The number of carbonyl (C=O) groups excluding carboxylic acids is 1. The minimum atomic E-state index is -0.361. The van der Waals surface area contributed by atoms with E-state index in [2.05, 4.69) is 10.1 Å². The number of rotatable bonds is 6. The largest absolute Gasteiger partial charge is 0.466 e. The van der Waals surface area contributed by atoms with Crippen molar-refractivity contribution in [2.75, 3.05) is 20.8 Å². The molecule has 0 spiro atoms. The van der Waals surface area contributed by atoms with Crippen molar-refractivity contribution >= 4 is 5.97 Å². The van der Waals surface area contributed by atoms with Crippen molar-refractivity contribution in [1.29, 1.82) is 0 Å². The van der Waals surface area contributed by atoms with Crippen LogP contribution in [0.25, 0.3) is 0 Å². The molecule has 0 aromatic carbocycles. The SMILES string of the molecule is CCC(COC)N/C=C/C(=O)OC. The highest BCUT2D eigenvalue weighted by Gasteiger charge is 2.01. The average Bonchev–Trinajstić information content (AvgIpc) is 2.16. The van der Waals surface area contributed by atoms with Gasteiger partial charge in [-0.25, -0.2) is 4.79 Å². The Hall–Kier alpha value is -1.03. The third kappa shape index (κ3) is 6.16. The zero-order valence-electron chi connectivity index (χ0n) is 8.37. The van der Waals surface area contributed by atoms with Gasteiger partial charge in [-0.15, -0.1) is 0 Å². The second-order valence-corrected chi connectivity index (χ2v) is 2.58. The fraction of sp³-hybridized carbons (Fsp3) is 0.667. The molecule has 0 aromatic heterocycles. The molecule has 0 saturated heterocycles. The summed E-state index contributed by atoms with van der Waals surface area (Å²) < 4.78 is 9.39. The van der Waals surface area contributed by atoms with Crippen LogP contribution in [0.1, 0.15) is 13.3 Å². The van der Waals surface area contributed by atoms with E-state index in [9.17, 15) is 4.79 Å². The van der Waals surface area contributed by atoms with E-state index >= 15 is 0 Å². The van der Waals surface area contributed by atoms with Crippen LogP contribution in [0.15, 0.2) is 12.3 Å². The van der Waals surface area contributed by atoms with Gasteiger partial charge < -0.3 is 14.8 Å². The monoisotopic (exact) mass is 187 g/mol. The highest BCUT2D eigenvalue weighted by atomic mass is 16.5. The van der Waals surface area contributed by atoms with Crippen LogP contribution in [0, 0.1) is 0 Å². The lowest BCUT2D eigenvalue weighted by Crippen LogP contribution is -2.28. The van der Waals surface area contributed by atoms with Crippen molar-refractivity contribution in [3.05, 3.63) is 12.3 Å². The Morgan fingerprint density at radius 3 is 2.69 bits per heavy atom. The predicted octanol–water partition coefficient (Wildman–Crippen LogP) is 0.688. The smallest absolute Gasteiger partial charge is 0.331 e. The van der Waals surface area contributed by atoms with E-state index in [4.69, 9.17) is 4.74 Å². The van der Waals surface area contributed by atoms with Gasteiger partial charge in [-0.2, -0.15) is 0 Å². The number of carbonyl (C=O) groups is 1. The molecule has 4 nitrogen and oxygen atoms in total. The van der Waals surface area contributed by atoms with Crippen molar-refractivity contribution in [2.45, 2.75) is 19.4 Å². The van der Waals surface area contributed by atoms with Crippen LogP contribution in [-0.4, -0.2) is 32.8 Å². The van der Waals surface area contributed by atoms with E-state index in [0.29, 0.717) is 6.61 Å². The Balaban J connectivity index is 3.70. The van der Waals surface area contributed by atoms with Gasteiger partial charge in [0, 0.05) is 25.4 Å². The summed E-state index contributed by atoms with van der Waals surface area (Å²) in [6, 6.07) is 0.242. The molecule has 0 aromatic rings. The molecule has 1 atom stereocenters. The molecule has 1 unspecified atom stereocenters. The van der Waals surface area contributed by atoms with Crippen molar-refractivity contribution in [2.24, 2.45) is 0 Å². The van der Waals surface area contributed by atoms with Crippen LogP contribution in [0.5, 0.6) is 0 Å². The van der Waals surface area contributed by atoms with Crippen molar-refractivity contribution < 1.29 is 14.3 Å². The van der Waals surface area contributed by atoms with Gasteiger partial charge in [0.1, 0.15) is 0 Å². The number of methoxy groups -OCH3 is 2. The van der Waals surface area contributed by atoms with E-state index in [1.54, 1.807) is 13.3 Å². The lowest BCUT2D eigenvalue weighted by Gasteiger charge is -2.13. The van der Waals surface area contributed by atoms with Crippen LogP contribution >= 0.6 is 0 Å². The Bertz CT molecular complexity index is 168. The van der Waals surface area contributed by atoms with Gasteiger partial charge >= 0.3 is 5.97 Å². The van der Waals surface area contributed by atoms with Gasteiger partial charge in [0.2, 0.25) is 0 Å². The summed E-state index contributed by atoms with van der Waals surface area (Å²) in [6.45, 7) is 2.67. The molecule has 0 aliphatic heterocycles. The first-order valence-corrected chi connectivity index (χ1v) is 4.24. The molecule has 0 saturated carbocycles. The van der Waals surface area contributed by atoms with Crippen molar-refractivity contribution in [3.8, 4) is 0 Å². The van der Waals surface area contributed by atoms with Crippen LogP contribution in [0.4, 0.5) is 0 Å². The van der Waals surface area contributed by atoms with Gasteiger partial charge in [-0.1, -0.05) is 6.92 Å². The molecule has 76 valence electrons. The first kappa shape index (κ1) is 12.0. The van der Waals surface area contributed by atoms with Crippen LogP contribution in [-0.2, 0) is 14.3 Å². The Kier molecular flexibility index (Phi) is 7.01. The second-order valence-electron chi connectivity index (χ2n) is 2.58. The molecular weight excluding hydrogens is 170 g/mol. The van der Waals surface area contributed by atoms with E-state index < -0.39 is 0 Å². The molecular formula is C9H17NO3. The summed E-state index contributed by atoms with van der Waals surface area (Å²) in [5, 5.41) is 3.03. The molecule has 0 bridgehead atoms. The van der Waals surface area contributed by atoms with Crippen molar-refractivity contribution in [1.82, 2.24) is 5.32 Å². The molecule has 1 N–H and O–H groups in total. The number of nitrogens with one attached hydrogen (secondary N) is 1. The fourth-order valence-corrected chi connectivity index (χ4v) is 0.805. The summed E-state index contributed by atoms with van der Waals surface area (Å²) in [5.41, 5.74) is 0. The fourth-order valence-electron chi connectivity index (χ4n) is 0.805. The molecule has 0 amide bonds. The first-order chi connectivity index (χ1) is 6.24. The zero-order valence-corrected chi connectivity index (χ0v) is 8.37. The van der Waals surface area contributed by atoms with Gasteiger partial charge in [0.25, 0.3) is 0 Å². The molecule has 0 heterocycles. The van der Waals surface area contributed by atoms with Crippen LogP contribution < -0.4 is 5.32 Å². The van der Waals surface area contributed by atoms with E-state index in [-0.39, 0.29) is 12.0 Å². The molecule has 0 radical (unpaired) electrons. The number of hydrogen-bond acceptors (Lipinski definition) is 4. The maximum Gasteiger partial charge on any atom is 0.331 e. The quantitative estimate of drug-likeness (QED) is 0.491. The van der Waals surface area contributed by atoms with E-state index in [1.807, 2.05) is 6.92 Å². The van der Waals surface area contributed by atoms with Crippen LogP contribution in [0.3, 0.4) is 0 Å². The van der Waals surface area contributed by atoms with Gasteiger partial charge in [-0.3, -0.25) is 0 Å². The normalized spacial score (nSPS) is 12.8. The maximum atomic E-state index is 10.7. The number of ether oxygens (including phenoxy) is 2. The third-order valence-corrected chi connectivity index (χ3v) is 1.61. The van der Waals surface area contributed by atoms with Gasteiger partial charge in [0.15, 0.2) is 0 Å². The van der Waals surface area contributed by atoms with E-state index in [1.165, 1.54) is 13.2 Å². The van der Waals surface area contributed by atoms with Crippen molar-refractivity contribution in [3.63, 3.8) is 0 Å².